The summed E-state index contributed by atoms with van der Waals surface area (Å²) in [7, 11) is 0. The number of hydrogen-bond donors (Lipinski definition) is 0. The number of esters is 1. The molecule has 0 aromatic carbocycles. The van der Waals surface area contributed by atoms with E-state index in [9.17, 15) is 4.79 Å². The van der Waals surface area contributed by atoms with Gasteiger partial charge in [-0.15, -0.1) is 0 Å². The van der Waals surface area contributed by atoms with Gasteiger partial charge < -0.3 is 4.74 Å². The van der Waals surface area contributed by atoms with Gasteiger partial charge in [-0.05, 0) is 27.7 Å². The van der Waals surface area contributed by atoms with Crippen molar-refractivity contribution in [3.05, 3.63) is 0 Å². The fourth-order valence-electron chi connectivity index (χ4n) is 0.665. The Balaban J connectivity index is 3.71. The van der Waals surface area contributed by atoms with Gasteiger partial charge in [0, 0.05) is 5.54 Å². The van der Waals surface area contributed by atoms with Crippen molar-refractivity contribution in [3.63, 3.8) is 0 Å². The van der Waals surface area contributed by atoms with Crippen LogP contribution < -0.4 is 5.73 Å². The lowest BCUT2D eigenvalue weighted by atomic mass is 10.0. The first kappa shape index (κ1) is 10.4. The molecule has 0 rings (SSSR count). The molecule has 0 fully saturated rings. The highest BCUT2D eigenvalue weighted by molar-refractivity contribution is 5.70. The molecule has 0 aromatic rings. The molecule has 0 amide bonds. The van der Waals surface area contributed by atoms with Crippen molar-refractivity contribution in [2.45, 2.75) is 45.8 Å². The number of carbonyl (C=O) groups excluding carboxylic acids is 1. The predicted octanol–water partition coefficient (Wildman–Crippen LogP) is 1.39. The van der Waals surface area contributed by atoms with Crippen molar-refractivity contribution in [1.29, 1.82) is 0 Å². The van der Waals surface area contributed by atoms with E-state index in [1.54, 1.807) is 27.7 Å². The quantitative estimate of drug-likeness (QED) is 0.583. The summed E-state index contributed by atoms with van der Waals surface area (Å²) in [5.74, 6) is -0.292. The molecule has 0 aromatic heterocycles. The smallest absolute Gasteiger partial charge is 0.307 e. The molecule has 0 heterocycles. The summed E-state index contributed by atoms with van der Waals surface area (Å²) in [4.78, 5) is 10.9. The van der Waals surface area contributed by atoms with Gasteiger partial charge >= 0.3 is 5.97 Å². The number of ether oxygens (including phenoxy) is 1. The maximum atomic E-state index is 10.9. The SMILES string of the molecule is CC(C)OC(=O)CC(C)(C)[NH]. The molecule has 0 saturated carbocycles. The van der Waals surface area contributed by atoms with Crippen LogP contribution in [-0.2, 0) is 9.53 Å². The topological polar surface area (TPSA) is 50.1 Å². The second-order valence-corrected chi connectivity index (χ2v) is 3.60. The van der Waals surface area contributed by atoms with Crippen LogP contribution in [0.15, 0.2) is 0 Å². The number of rotatable bonds is 3. The van der Waals surface area contributed by atoms with Crippen LogP contribution in [0.4, 0.5) is 0 Å². The first-order valence-electron chi connectivity index (χ1n) is 3.76. The summed E-state index contributed by atoms with van der Waals surface area (Å²) in [6, 6.07) is 0. The van der Waals surface area contributed by atoms with Gasteiger partial charge in [0.05, 0.1) is 12.5 Å². The first-order chi connectivity index (χ1) is 4.81. The average molecular weight is 158 g/mol. The molecule has 0 unspecified atom stereocenters. The fraction of sp³-hybridized carbons (Fsp3) is 0.875. The van der Waals surface area contributed by atoms with E-state index in [1.165, 1.54) is 0 Å². The molecule has 0 aliphatic rings. The molecule has 0 bridgehead atoms. The van der Waals surface area contributed by atoms with Crippen LogP contribution in [0.5, 0.6) is 0 Å². The predicted molar refractivity (Wildman–Crippen MR) is 43.0 cm³/mol. The summed E-state index contributed by atoms with van der Waals surface area (Å²) in [6.45, 7) is 6.98. The Labute approximate surface area is 67.9 Å². The third-order valence-electron chi connectivity index (χ3n) is 0.953. The molecule has 0 aliphatic carbocycles. The Morgan fingerprint density at radius 2 is 2.00 bits per heavy atom. The lowest BCUT2D eigenvalue weighted by Gasteiger charge is -2.16. The number of carbonyl (C=O) groups is 1. The molecule has 3 heteroatoms. The first-order valence-corrected chi connectivity index (χ1v) is 3.76. The minimum atomic E-state index is -0.716. The molecule has 0 aliphatic heterocycles. The lowest BCUT2D eigenvalue weighted by Crippen LogP contribution is -2.27. The number of hydrogen-bond acceptors (Lipinski definition) is 2. The van der Waals surface area contributed by atoms with E-state index in [0.29, 0.717) is 0 Å². The summed E-state index contributed by atoms with van der Waals surface area (Å²) in [5, 5.41) is 0. The molecule has 11 heavy (non-hydrogen) atoms. The maximum Gasteiger partial charge on any atom is 0.307 e. The second kappa shape index (κ2) is 3.72. The van der Waals surface area contributed by atoms with Gasteiger partial charge in [-0.2, -0.15) is 0 Å². The van der Waals surface area contributed by atoms with Gasteiger partial charge in [-0.25, -0.2) is 0 Å². The average Bonchev–Trinajstić information content (AvgIpc) is 1.53. The van der Waals surface area contributed by atoms with Gasteiger partial charge in [-0.1, -0.05) is 0 Å². The summed E-state index contributed by atoms with van der Waals surface area (Å²) in [5.41, 5.74) is 6.69. The van der Waals surface area contributed by atoms with Crippen LogP contribution >= 0.6 is 0 Å². The van der Waals surface area contributed by atoms with Gasteiger partial charge in [0.2, 0.25) is 0 Å². The molecular formula is C8H16NO2. The molecule has 0 atom stereocenters. The van der Waals surface area contributed by atoms with Crippen LogP contribution in [0.25, 0.3) is 0 Å². The third-order valence-corrected chi connectivity index (χ3v) is 0.953. The van der Waals surface area contributed by atoms with Gasteiger partial charge in [0.1, 0.15) is 0 Å². The summed E-state index contributed by atoms with van der Waals surface area (Å²) >= 11 is 0. The van der Waals surface area contributed by atoms with E-state index < -0.39 is 5.54 Å². The lowest BCUT2D eigenvalue weighted by molar-refractivity contribution is -0.148. The van der Waals surface area contributed by atoms with Crippen molar-refractivity contribution in [2.75, 3.05) is 0 Å². The maximum absolute atomic E-state index is 10.9. The Hall–Kier alpha value is -0.570. The van der Waals surface area contributed by atoms with Crippen LogP contribution in [0.1, 0.15) is 34.1 Å². The van der Waals surface area contributed by atoms with E-state index >= 15 is 0 Å². The molecule has 65 valence electrons. The third kappa shape index (κ3) is 7.33. The molecule has 0 saturated heterocycles. The largest absolute Gasteiger partial charge is 0.463 e. The molecule has 1 radical (unpaired) electrons. The van der Waals surface area contributed by atoms with Crippen molar-refractivity contribution in [2.24, 2.45) is 0 Å². The van der Waals surface area contributed by atoms with Crippen molar-refractivity contribution >= 4 is 5.97 Å². The standard InChI is InChI=1S/C8H16NO2/c1-6(2)11-7(10)5-8(3,4)9/h6,9H,5H2,1-4H3. The zero-order valence-electron chi connectivity index (χ0n) is 7.60. The van der Waals surface area contributed by atoms with Crippen LogP contribution in [0, 0.1) is 0 Å². The van der Waals surface area contributed by atoms with Gasteiger partial charge in [0.15, 0.2) is 0 Å². The second-order valence-electron chi connectivity index (χ2n) is 3.60. The Morgan fingerprint density at radius 1 is 1.55 bits per heavy atom. The van der Waals surface area contributed by atoms with E-state index in [2.05, 4.69) is 0 Å². The molecule has 1 N–H and O–H groups in total. The van der Waals surface area contributed by atoms with E-state index in [0.717, 1.165) is 0 Å². The molecular weight excluding hydrogens is 142 g/mol. The van der Waals surface area contributed by atoms with Crippen LogP contribution in [0.2, 0.25) is 0 Å². The van der Waals surface area contributed by atoms with E-state index in [4.69, 9.17) is 10.5 Å². The molecule has 3 nitrogen and oxygen atoms in total. The molecule has 0 spiro atoms. The Morgan fingerprint density at radius 3 is 2.27 bits per heavy atom. The van der Waals surface area contributed by atoms with E-state index in [-0.39, 0.29) is 18.5 Å². The van der Waals surface area contributed by atoms with E-state index in [1.807, 2.05) is 0 Å². The van der Waals surface area contributed by atoms with Crippen molar-refractivity contribution in [1.82, 2.24) is 5.73 Å². The highest BCUT2D eigenvalue weighted by atomic mass is 16.5. The van der Waals surface area contributed by atoms with Crippen LogP contribution in [0.3, 0.4) is 0 Å². The van der Waals surface area contributed by atoms with Gasteiger partial charge in [-0.3, -0.25) is 10.5 Å². The highest BCUT2D eigenvalue weighted by Crippen LogP contribution is 2.07. The Bertz CT molecular complexity index is 136. The highest BCUT2D eigenvalue weighted by Gasteiger charge is 2.18. The minimum absolute atomic E-state index is 0.0788. The van der Waals surface area contributed by atoms with Crippen molar-refractivity contribution in [3.8, 4) is 0 Å². The van der Waals surface area contributed by atoms with Crippen LogP contribution in [-0.4, -0.2) is 17.6 Å². The monoisotopic (exact) mass is 158 g/mol. The zero-order valence-corrected chi connectivity index (χ0v) is 7.60. The minimum Gasteiger partial charge on any atom is -0.463 e. The zero-order chi connectivity index (χ0) is 9.07. The summed E-state index contributed by atoms with van der Waals surface area (Å²) < 4.78 is 4.87. The normalized spacial score (nSPS) is 11.8. The van der Waals surface area contributed by atoms with Crippen molar-refractivity contribution < 1.29 is 9.53 Å². The fourth-order valence-corrected chi connectivity index (χ4v) is 0.665. The number of nitrogens with one attached hydrogen (secondary N) is 1. The van der Waals surface area contributed by atoms with Gasteiger partial charge in [0.25, 0.3) is 0 Å². The summed E-state index contributed by atoms with van der Waals surface area (Å²) in [6.07, 6.45) is 0.0791. The Kier molecular flexibility index (Phi) is 3.52.